The summed E-state index contributed by atoms with van der Waals surface area (Å²) in [5, 5.41) is 5.54. The first-order valence-corrected chi connectivity index (χ1v) is 6.11. The Hall–Kier alpha value is -1.44. The van der Waals surface area contributed by atoms with Crippen molar-refractivity contribution in [3.8, 4) is 5.75 Å². The van der Waals surface area contributed by atoms with Crippen LogP contribution in [0.1, 0.15) is 6.92 Å². The summed E-state index contributed by atoms with van der Waals surface area (Å²) >= 11 is 3.00. The van der Waals surface area contributed by atoms with Gasteiger partial charge in [-0.2, -0.15) is 0 Å². The van der Waals surface area contributed by atoms with E-state index in [1.165, 1.54) is 25.1 Å². The highest BCUT2D eigenvalue weighted by atomic mass is 79.9. The Kier molecular flexibility index (Phi) is 5.46. The van der Waals surface area contributed by atoms with E-state index in [9.17, 15) is 18.0 Å². The molecule has 4 nitrogen and oxygen atoms in total. The maximum Gasteiger partial charge on any atom is 0.573 e. The van der Waals surface area contributed by atoms with E-state index >= 15 is 0 Å². The minimum Gasteiger partial charge on any atom is -0.405 e. The molecule has 0 unspecified atom stereocenters. The highest BCUT2D eigenvalue weighted by Crippen LogP contribution is 2.32. The number of benzene rings is 1. The zero-order valence-corrected chi connectivity index (χ0v) is 11.6. The van der Waals surface area contributed by atoms with Gasteiger partial charge < -0.3 is 15.4 Å². The number of hydrogen-bond acceptors (Lipinski definition) is 3. The van der Waals surface area contributed by atoms with Gasteiger partial charge in [-0.25, -0.2) is 0 Å². The van der Waals surface area contributed by atoms with Crippen LogP contribution >= 0.6 is 15.9 Å². The van der Waals surface area contributed by atoms with E-state index in [1.807, 2.05) is 0 Å². The molecule has 2 N–H and O–H groups in total. The quantitative estimate of drug-likeness (QED) is 0.810. The lowest BCUT2D eigenvalue weighted by molar-refractivity contribution is -0.274. The standard InChI is InChI=1S/C11H12BrF3N2O2/c1-7(18)16-4-5-17-8-2-3-10(9(12)6-8)19-11(13,14)15/h2-3,6,17H,4-5H2,1H3,(H,16,18). The van der Waals surface area contributed by atoms with Gasteiger partial charge in [-0.1, -0.05) is 0 Å². The number of halogens is 4. The summed E-state index contributed by atoms with van der Waals surface area (Å²) in [7, 11) is 0. The predicted molar refractivity (Wildman–Crippen MR) is 68.0 cm³/mol. The van der Waals surface area contributed by atoms with Gasteiger partial charge in [0.2, 0.25) is 5.91 Å². The van der Waals surface area contributed by atoms with Crippen molar-refractivity contribution in [1.82, 2.24) is 5.32 Å². The Labute approximate surface area is 116 Å². The molecular weight excluding hydrogens is 329 g/mol. The molecule has 0 saturated heterocycles. The number of anilines is 1. The Morgan fingerprint density at radius 3 is 2.58 bits per heavy atom. The largest absolute Gasteiger partial charge is 0.573 e. The van der Waals surface area contributed by atoms with Gasteiger partial charge in [0.25, 0.3) is 0 Å². The van der Waals surface area contributed by atoms with Gasteiger partial charge in [0.05, 0.1) is 4.47 Å². The van der Waals surface area contributed by atoms with E-state index in [4.69, 9.17) is 0 Å². The average molecular weight is 341 g/mol. The summed E-state index contributed by atoms with van der Waals surface area (Å²) in [5.74, 6) is -0.447. The summed E-state index contributed by atoms with van der Waals surface area (Å²) in [6.45, 7) is 2.29. The molecule has 0 aliphatic carbocycles. The summed E-state index contributed by atoms with van der Waals surface area (Å²) in [5.41, 5.74) is 0.617. The molecule has 0 atom stereocenters. The number of alkyl halides is 3. The Bertz CT molecular complexity index is 452. The van der Waals surface area contributed by atoms with E-state index in [1.54, 1.807) is 0 Å². The molecule has 0 heterocycles. The van der Waals surface area contributed by atoms with Crippen molar-refractivity contribution in [2.75, 3.05) is 18.4 Å². The fourth-order valence-electron chi connectivity index (χ4n) is 1.26. The lowest BCUT2D eigenvalue weighted by Gasteiger charge is -2.12. The van der Waals surface area contributed by atoms with Gasteiger partial charge in [-0.3, -0.25) is 4.79 Å². The molecule has 1 aromatic carbocycles. The lowest BCUT2D eigenvalue weighted by atomic mass is 10.3. The molecule has 1 amide bonds. The second-order valence-electron chi connectivity index (χ2n) is 3.60. The Morgan fingerprint density at radius 1 is 1.37 bits per heavy atom. The molecule has 0 aliphatic rings. The maximum atomic E-state index is 12.0. The number of carbonyl (C=O) groups excluding carboxylic acids is 1. The third-order valence-corrected chi connectivity index (χ3v) is 2.61. The van der Waals surface area contributed by atoms with Crippen molar-refractivity contribution < 1.29 is 22.7 Å². The van der Waals surface area contributed by atoms with E-state index in [-0.39, 0.29) is 16.1 Å². The first kappa shape index (κ1) is 15.6. The van der Waals surface area contributed by atoms with Gasteiger partial charge in [-0.05, 0) is 34.1 Å². The minimum atomic E-state index is -4.72. The van der Waals surface area contributed by atoms with Gasteiger partial charge in [0.1, 0.15) is 5.75 Å². The molecule has 0 spiro atoms. The molecule has 8 heteroatoms. The summed E-state index contributed by atoms with van der Waals surface area (Å²) < 4.78 is 40.1. The highest BCUT2D eigenvalue weighted by Gasteiger charge is 2.31. The van der Waals surface area contributed by atoms with Crippen molar-refractivity contribution in [2.45, 2.75) is 13.3 Å². The van der Waals surface area contributed by atoms with E-state index < -0.39 is 6.36 Å². The molecule has 106 valence electrons. The first-order valence-electron chi connectivity index (χ1n) is 5.31. The molecule has 0 aliphatic heterocycles. The smallest absolute Gasteiger partial charge is 0.405 e. The molecule has 1 rings (SSSR count). The molecule has 0 aromatic heterocycles. The normalized spacial score (nSPS) is 11.0. The fourth-order valence-corrected chi connectivity index (χ4v) is 1.72. The Balaban J connectivity index is 2.54. The van der Waals surface area contributed by atoms with Crippen molar-refractivity contribution >= 4 is 27.5 Å². The van der Waals surface area contributed by atoms with Crippen LogP contribution in [0.2, 0.25) is 0 Å². The second-order valence-corrected chi connectivity index (χ2v) is 4.46. The number of nitrogens with one attached hydrogen (secondary N) is 2. The van der Waals surface area contributed by atoms with Crippen LogP contribution in [0.3, 0.4) is 0 Å². The topological polar surface area (TPSA) is 50.4 Å². The van der Waals surface area contributed by atoms with Crippen LogP contribution in [0.15, 0.2) is 22.7 Å². The van der Waals surface area contributed by atoms with Crippen molar-refractivity contribution in [2.24, 2.45) is 0 Å². The molecule has 0 radical (unpaired) electrons. The zero-order chi connectivity index (χ0) is 14.5. The van der Waals surface area contributed by atoms with Gasteiger partial charge in [0, 0.05) is 25.7 Å². The van der Waals surface area contributed by atoms with Crippen LogP contribution in [-0.4, -0.2) is 25.4 Å². The van der Waals surface area contributed by atoms with E-state index in [2.05, 4.69) is 31.3 Å². The van der Waals surface area contributed by atoms with Crippen molar-refractivity contribution in [3.63, 3.8) is 0 Å². The van der Waals surface area contributed by atoms with Crippen LogP contribution in [0.5, 0.6) is 5.75 Å². The second kappa shape index (κ2) is 6.65. The van der Waals surface area contributed by atoms with Crippen LogP contribution in [0, 0.1) is 0 Å². The lowest BCUT2D eigenvalue weighted by Crippen LogP contribution is -2.26. The van der Waals surface area contributed by atoms with Crippen molar-refractivity contribution in [3.05, 3.63) is 22.7 Å². The SMILES string of the molecule is CC(=O)NCCNc1ccc(OC(F)(F)F)c(Br)c1. The molecule has 1 aromatic rings. The van der Waals surface area contributed by atoms with Crippen LogP contribution in [0.4, 0.5) is 18.9 Å². The molecule has 0 saturated carbocycles. The third-order valence-electron chi connectivity index (χ3n) is 1.99. The number of amides is 1. The summed E-state index contributed by atoms with van der Waals surface area (Å²) in [6.07, 6.45) is -4.72. The fraction of sp³-hybridized carbons (Fsp3) is 0.364. The molecular formula is C11H12BrF3N2O2. The average Bonchev–Trinajstić information content (AvgIpc) is 2.26. The maximum absolute atomic E-state index is 12.0. The Morgan fingerprint density at radius 2 is 2.05 bits per heavy atom. The predicted octanol–water partition coefficient (Wildman–Crippen LogP) is 2.90. The summed E-state index contributed by atoms with van der Waals surface area (Å²) in [6, 6.07) is 4.13. The first-order chi connectivity index (χ1) is 8.78. The van der Waals surface area contributed by atoms with E-state index in [0.717, 1.165) is 0 Å². The van der Waals surface area contributed by atoms with Crippen LogP contribution in [0.25, 0.3) is 0 Å². The van der Waals surface area contributed by atoms with Crippen LogP contribution < -0.4 is 15.4 Å². The number of carbonyl (C=O) groups is 1. The van der Waals surface area contributed by atoms with Gasteiger partial charge in [-0.15, -0.1) is 13.2 Å². The zero-order valence-electron chi connectivity index (χ0n) is 9.97. The van der Waals surface area contributed by atoms with Gasteiger partial charge >= 0.3 is 6.36 Å². The number of ether oxygens (including phenoxy) is 1. The van der Waals surface area contributed by atoms with Crippen LogP contribution in [-0.2, 0) is 4.79 Å². The molecule has 19 heavy (non-hydrogen) atoms. The number of hydrogen-bond donors (Lipinski definition) is 2. The highest BCUT2D eigenvalue weighted by molar-refractivity contribution is 9.10. The molecule has 0 fully saturated rings. The number of rotatable bonds is 5. The molecule has 0 bridgehead atoms. The minimum absolute atomic E-state index is 0.142. The van der Waals surface area contributed by atoms with Crippen molar-refractivity contribution in [1.29, 1.82) is 0 Å². The van der Waals surface area contributed by atoms with Gasteiger partial charge in [0.15, 0.2) is 0 Å². The monoisotopic (exact) mass is 340 g/mol. The summed E-state index contributed by atoms with van der Waals surface area (Å²) in [4.78, 5) is 10.6. The van der Waals surface area contributed by atoms with E-state index in [0.29, 0.717) is 18.8 Å². The third kappa shape index (κ3) is 6.32.